The smallest absolute Gasteiger partial charge is 0.410 e. The monoisotopic (exact) mass is 500 g/mol. The third-order valence-electron chi connectivity index (χ3n) is 5.25. The summed E-state index contributed by atoms with van der Waals surface area (Å²) in [6.07, 6.45) is 1.28. The van der Waals surface area contributed by atoms with Gasteiger partial charge < -0.3 is 30.7 Å². The van der Waals surface area contributed by atoms with Gasteiger partial charge in [-0.15, -0.1) is 24.8 Å². The number of hydrogen-bond acceptors (Lipinski definition) is 6. The van der Waals surface area contributed by atoms with Crippen LogP contribution in [0, 0.1) is 11.8 Å². The van der Waals surface area contributed by atoms with Gasteiger partial charge in [0.2, 0.25) is 0 Å². The first-order chi connectivity index (χ1) is 13.6. The first kappa shape index (κ1) is 33.2. The maximum absolute atomic E-state index is 11.7. The average molecular weight is 502 g/mol. The molecule has 10 heteroatoms. The summed E-state index contributed by atoms with van der Waals surface area (Å²) in [5.74, 6) is 0.706. The third kappa shape index (κ3) is 12.3. The highest BCUT2D eigenvalue weighted by Crippen LogP contribution is 2.19. The quantitative estimate of drug-likeness (QED) is 0.519. The molecule has 2 saturated heterocycles. The van der Waals surface area contributed by atoms with Crippen LogP contribution in [-0.2, 0) is 9.47 Å². The summed E-state index contributed by atoms with van der Waals surface area (Å²) in [6, 6.07) is 0.423. The Hall–Kier alpha value is -0.960. The lowest BCUT2D eigenvalue weighted by Gasteiger charge is -2.35. The summed E-state index contributed by atoms with van der Waals surface area (Å²) >= 11 is 0. The van der Waals surface area contributed by atoms with E-state index in [1.54, 1.807) is 9.80 Å². The molecule has 0 aromatic carbocycles. The van der Waals surface area contributed by atoms with Gasteiger partial charge in [-0.3, -0.25) is 0 Å². The fourth-order valence-corrected chi connectivity index (χ4v) is 3.31. The first-order valence-corrected chi connectivity index (χ1v) is 11.1. The fourth-order valence-electron chi connectivity index (χ4n) is 3.31. The van der Waals surface area contributed by atoms with Crippen molar-refractivity contribution in [1.29, 1.82) is 0 Å². The van der Waals surface area contributed by atoms with Crippen LogP contribution in [0.4, 0.5) is 9.59 Å². The van der Waals surface area contributed by atoms with Gasteiger partial charge >= 0.3 is 12.2 Å². The molecule has 2 amide bonds. The zero-order valence-corrected chi connectivity index (χ0v) is 22.7. The molecule has 8 nitrogen and oxygen atoms in total. The largest absolute Gasteiger partial charge is 0.444 e. The van der Waals surface area contributed by atoms with Crippen LogP contribution in [0.25, 0.3) is 0 Å². The van der Waals surface area contributed by atoms with Crippen molar-refractivity contribution in [2.45, 2.75) is 91.5 Å². The van der Waals surface area contributed by atoms with E-state index in [0.717, 1.165) is 12.8 Å². The zero-order chi connectivity index (χ0) is 23.3. The topological polar surface area (TPSA) is 111 Å². The van der Waals surface area contributed by atoms with Crippen LogP contribution in [0.15, 0.2) is 0 Å². The minimum absolute atomic E-state index is 0. The van der Waals surface area contributed by atoms with Crippen LogP contribution in [-0.4, -0.2) is 71.5 Å². The predicted molar refractivity (Wildman–Crippen MR) is 134 cm³/mol. The molecule has 0 saturated carbocycles. The fraction of sp³-hybridized carbons (Fsp3) is 0.909. The van der Waals surface area contributed by atoms with Crippen molar-refractivity contribution in [3.05, 3.63) is 0 Å². The summed E-state index contributed by atoms with van der Waals surface area (Å²) in [5, 5.41) is 0. The minimum Gasteiger partial charge on any atom is -0.444 e. The number of rotatable bonds is 0. The summed E-state index contributed by atoms with van der Waals surface area (Å²) in [4.78, 5) is 27.0. The van der Waals surface area contributed by atoms with Crippen molar-refractivity contribution in [2.75, 3.05) is 26.2 Å². The van der Waals surface area contributed by atoms with E-state index in [0.29, 0.717) is 38.0 Å². The van der Waals surface area contributed by atoms with Crippen molar-refractivity contribution in [1.82, 2.24) is 9.80 Å². The number of amides is 2. The molecule has 0 aromatic heterocycles. The van der Waals surface area contributed by atoms with E-state index in [1.165, 1.54) is 0 Å². The summed E-state index contributed by atoms with van der Waals surface area (Å²) in [5.41, 5.74) is 10.9. The maximum Gasteiger partial charge on any atom is 0.410 e. The number of piperidine rings is 2. The molecule has 2 rings (SSSR count). The number of likely N-dealkylation sites (tertiary alicyclic amines) is 2. The van der Waals surface area contributed by atoms with Gasteiger partial charge in [0.1, 0.15) is 11.2 Å². The summed E-state index contributed by atoms with van der Waals surface area (Å²) < 4.78 is 10.6. The highest BCUT2D eigenvalue weighted by Gasteiger charge is 2.30. The Labute approximate surface area is 206 Å². The standard InChI is InChI=1S/2C11H22N2O2.2ClH/c2*1-8-7-13(6-5-9(8)12)10(14)15-11(2,3)4;;/h2*8-9H,5-7,12H2,1-4H3;2*1H/t2*8-,9+;;/m10../s1. The van der Waals surface area contributed by atoms with Gasteiger partial charge in [0, 0.05) is 38.3 Å². The van der Waals surface area contributed by atoms with Crippen molar-refractivity contribution >= 4 is 37.0 Å². The number of halogens is 2. The van der Waals surface area contributed by atoms with Crippen molar-refractivity contribution in [2.24, 2.45) is 23.3 Å². The third-order valence-corrected chi connectivity index (χ3v) is 5.25. The lowest BCUT2D eigenvalue weighted by Crippen LogP contribution is -2.49. The molecule has 2 aliphatic rings. The number of carbonyl (C=O) groups is 2. The van der Waals surface area contributed by atoms with Crippen LogP contribution >= 0.6 is 24.8 Å². The van der Waals surface area contributed by atoms with E-state index in [4.69, 9.17) is 20.9 Å². The lowest BCUT2D eigenvalue weighted by atomic mass is 9.95. The van der Waals surface area contributed by atoms with Gasteiger partial charge in [-0.05, 0) is 66.2 Å². The van der Waals surface area contributed by atoms with Crippen molar-refractivity contribution in [3.63, 3.8) is 0 Å². The molecule has 0 aromatic rings. The van der Waals surface area contributed by atoms with Crippen LogP contribution in [0.3, 0.4) is 0 Å². The first-order valence-electron chi connectivity index (χ1n) is 11.1. The molecule has 2 heterocycles. The number of carbonyl (C=O) groups excluding carboxylic acids is 2. The SMILES string of the molecule is C[C@@H]1CN(C(=O)OC(C)(C)C)CC[C@@H]1N.C[C@H]1CN(C(=O)OC(C)(C)C)CC[C@H]1N.Cl.Cl. The minimum atomic E-state index is -0.417. The molecule has 4 N–H and O–H groups in total. The van der Waals surface area contributed by atoms with Crippen molar-refractivity contribution in [3.8, 4) is 0 Å². The van der Waals surface area contributed by atoms with Gasteiger partial charge in [0.15, 0.2) is 0 Å². The Kier molecular flexibility index (Phi) is 14.2. The molecule has 2 aliphatic heterocycles. The zero-order valence-electron chi connectivity index (χ0n) is 21.1. The Morgan fingerprint density at radius 3 is 1.22 bits per heavy atom. The maximum atomic E-state index is 11.7. The molecule has 192 valence electrons. The Bertz CT molecular complexity index is 531. The highest BCUT2D eigenvalue weighted by molar-refractivity contribution is 5.85. The van der Waals surface area contributed by atoms with Crippen LogP contribution in [0.2, 0.25) is 0 Å². The second-order valence-corrected chi connectivity index (χ2v) is 10.7. The van der Waals surface area contributed by atoms with Gasteiger partial charge in [0.25, 0.3) is 0 Å². The number of nitrogens with two attached hydrogens (primary N) is 2. The number of nitrogens with zero attached hydrogens (tertiary/aromatic N) is 2. The van der Waals surface area contributed by atoms with Crippen LogP contribution < -0.4 is 11.5 Å². The van der Waals surface area contributed by atoms with E-state index in [9.17, 15) is 9.59 Å². The second-order valence-electron chi connectivity index (χ2n) is 10.7. The average Bonchev–Trinajstić information content (AvgIpc) is 2.57. The Morgan fingerprint density at radius 1 is 0.719 bits per heavy atom. The summed E-state index contributed by atoms with van der Waals surface area (Å²) in [7, 11) is 0. The number of ether oxygens (including phenoxy) is 2. The molecular weight excluding hydrogens is 455 g/mol. The molecule has 4 atom stereocenters. The molecule has 0 spiro atoms. The molecule has 2 fully saturated rings. The van der Waals surface area contributed by atoms with Gasteiger partial charge in [-0.25, -0.2) is 9.59 Å². The van der Waals surface area contributed by atoms with Gasteiger partial charge in [0.05, 0.1) is 0 Å². The molecular formula is C22H46Cl2N4O4. The Balaban J connectivity index is 0. The predicted octanol–water partition coefficient (Wildman–Crippen LogP) is 4.02. The van der Waals surface area contributed by atoms with E-state index in [2.05, 4.69) is 13.8 Å². The summed E-state index contributed by atoms with van der Waals surface area (Å²) in [6.45, 7) is 18.2. The van der Waals surface area contributed by atoms with Crippen molar-refractivity contribution < 1.29 is 19.1 Å². The molecule has 32 heavy (non-hydrogen) atoms. The second kappa shape index (κ2) is 13.7. The van der Waals surface area contributed by atoms with Gasteiger partial charge in [-0.2, -0.15) is 0 Å². The molecule has 0 radical (unpaired) electrons. The van der Waals surface area contributed by atoms with E-state index < -0.39 is 11.2 Å². The van der Waals surface area contributed by atoms with E-state index in [-0.39, 0.29) is 49.1 Å². The van der Waals surface area contributed by atoms with Crippen LogP contribution in [0.5, 0.6) is 0 Å². The van der Waals surface area contributed by atoms with Gasteiger partial charge in [-0.1, -0.05) is 13.8 Å². The van der Waals surface area contributed by atoms with Crippen LogP contribution in [0.1, 0.15) is 68.2 Å². The Morgan fingerprint density at radius 2 is 1.00 bits per heavy atom. The highest BCUT2D eigenvalue weighted by atomic mass is 35.5. The number of hydrogen-bond donors (Lipinski definition) is 2. The molecule has 0 aliphatic carbocycles. The lowest BCUT2D eigenvalue weighted by molar-refractivity contribution is 0.0148. The molecule has 0 bridgehead atoms. The van der Waals surface area contributed by atoms with E-state index >= 15 is 0 Å². The molecule has 0 unspecified atom stereocenters. The normalized spacial score (nSPS) is 25.9. The van der Waals surface area contributed by atoms with E-state index in [1.807, 2.05) is 41.5 Å².